The molecule has 3 nitrogen and oxygen atoms in total. The van der Waals surface area contributed by atoms with Crippen LogP contribution in [-0.4, -0.2) is 7.05 Å². The molecule has 2 aromatic rings. The summed E-state index contributed by atoms with van der Waals surface area (Å²) in [6.07, 6.45) is 1.91. The van der Waals surface area contributed by atoms with Crippen molar-refractivity contribution in [3.05, 3.63) is 72.6 Å². The number of hydrogen-bond donors (Lipinski definition) is 1. The van der Waals surface area contributed by atoms with Gasteiger partial charge >= 0.3 is 0 Å². The second-order valence-corrected chi connectivity index (χ2v) is 5.09. The van der Waals surface area contributed by atoms with Crippen molar-refractivity contribution >= 4 is 22.8 Å². The van der Waals surface area contributed by atoms with E-state index in [0.29, 0.717) is 0 Å². The van der Waals surface area contributed by atoms with Crippen LogP contribution in [0.25, 0.3) is 5.70 Å². The summed E-state index contributed by atoms with van der Waals surface area (Å²) in [6.45, 7) is 6.14. The van der Waals surface area contributed by atoms with Gasteiger partial charge in [-0.25, -0.2) is 0 Å². The number of allylic oxidation sites excluding steroid dienone is 1. The summed E-state index contributed by atoms with van der Waals surface area (Å²) in [5.74, 6) is 0.947. The molecule has 1 aliphatic heterocycles. The molecule has 0 atom stereocenters. The van der Waals surface area contributed by atoms with Crippen molar-refractivity contribution in [3.63, 3.8) is 0 Å². The Morgan fingerprint density at radius 3 is 2.29 bits per heavy atom. The SMILES string of the molecule is C=C1N(C)c2ccccc2N1c1ccc(/C(N)=C/C)cc1. The van der Waals surface area contributed by atoms with Crippen LogP contribution in [0.1, 0.15) is 12.5 Å². The summed E-state index contributed by atoms with van der Waals surface area (Å²) < 4.78 is 0. The Morgan fingerprint density at radius 2 is 1.67 bits per heavy atom. The van der Waals surface area contributed by atoms with Crippen molar-refractivity contribution in [2.75, 3.05) is 16.8 Å². The largest absolute Gasteiger partial charge is 0.399 e. The molecule has 3 rings (SSSR count). The van der Waals surface area contributed by atoms with E-state index in [0.717, 1.165) is 28.5 Å². The molecule has 0 radical (unpaired) electrons. The molecule has 106 valence electrons. The average Bonchev–Trinajstić information content (AvgIpc) is 2.79. The molecule has 1 aliphatic rings. The van der Waals surface area contributed by atoms with Crippen molar-refractivity contribution in [3.8, 4) is 0 Å². The molecule has 3 heteroatoms. The third-order valence-corrected chi connectivity index (χ3v) is 3.90. The van der Waals surface area contributed by atoms with Gasteiger partial charge in [0.15, 0.2) is 0 Å². The lowest BCUT2D eigenvalue weighted by Crippen LogP contribution is -2.20. The summed E-state index contributed by atoms with van der Waals surface area (Å²) in [5, 5.41) is 0. The van der Waals surface area contributed by atoms with Crippen LogP contribution in [0.15, 0.2) is 67.0 Å². The predicted octanol–water partition coefficient (Wildman–Crippen LogP) is 4.07. The van der Waals surface area contributed by atoms with Crippen molar-refractivity contribution in [1.82, 2.24) is 0 Å². The van der Waals surface area contributed by atoms with Crippen molar-refractivity contribution in [2.24, 2.45) is 5.73 Å². The lowest BCUT2D eigenvalue weighted by molar-refractivity contribution is 1.09. The summed E-state index contributed by atoms with van der Waals surface area (Å²) in [7, 11) is 2.04. The van der Waals surface area contributed by atoms with Crippen LogP contribution >= 0.6 is 0 Å². The standard InChI is InChI=1S/C18H19N3/c1-4-16(19)14-9-11-15(12-10-14)21-13(2)20(3)17-7-5-6-8-18(17)21/h4-12H,2,19H2,1,3H3/b16-4-. The zero-order valence-electron chi connectivity index (χ0n) is 12.4. The molecule has 0 saturated heterocycles. The maximum Gasteiger partial charge on any atom is 0.110 e. The highest BCUT2D eigenvalue weighted by Gasteiger charge is 2.27. The lowest BCUT2D eigenvalue weighted by atomic mass is 10.1. The average molecular weight is 277 g/mol. The fourth-order valence-electron chi connectivity index (χ4n) is 2.62. The summed E-state index contributed by atoms with van der Waals surface area (Å²) in [6, 6.07) is 16.5. The summed E-state index contributed by atoms with van der Waals surface area (Å²) in [5.41, 5.74) is 11.2. The van der Waals surface area contributed by atoms with Crippen LogP contribution in [0.4, 0.5) is 17.1 Å². The minimum absolute atomic E-state index is 0.791. The normalized spacial score (nSPS) is 14.6. The van der Waals surface area contributed by atoms with E-state index in [-0.39, 0.29) is 0 Å². The molecule has 0 aromatic heterocycles. The molecule has 0 amide bonds. The summed E-state index contributed by atoms with van der Waals surface area (Å²) in [4.78, 5) is 4.26. The predicted molar refractivity (Wildman–Crippen MR) is 90.4 cm³/mol. The second-order valence-electron chi connectivity index (χ2n) is 5.09. The number of benzene rings is 2. The van der Waals surface area contributed by atoms with Gasteiger partial charge in [-0.1, -0.05) is 36.9 Å². The maximum atomic E-state index is 5.95. The van der Waals surface area contributed by atoms with Gasteiger partial charge in [0, 0.05) is 18.4 Å². The van der Waals surface area contributed by atoms with E-state index in [4.69, 9.17) is 5.73 Å². The first-order valence-electron chi connectivity index (χ1n) is 6.97. The third-order valence-electron chi connectivity index (χ3n) is 3.90. The van der Waals surface area contributed by atoms with Crippen LogP contribution in [0, 0.1) is 0 Å². The number of anilines is 3. The number of hydrogen-bond acceptors (Lipinski definition) is 3. The highest BCUT2D eigenvalue weighted by Crippen LogP contribution is 2.44. The van der Waals surface area contributed by atoms with E-state index in [1.54, 1.807) is 0 Å². The van der Waals surface area contributed by atoms with Crippen LogP contribution in [0.2, 0.25) is 0 Å². The van der Waals surface area contributed by atoms with Gasteiger partial charge in [0.2, 0.25) is 0 Å². The van der Waals surface area contributed by atoms with Gasteiger partial charge in [-0.15, -0.1) is 0 Å². The molecule has 0 unspecified atom stereocenters. The molecule has 0 fully saturated rings. The summed E-state index contributed by atoms with van der Waals surface area (Å²) >= 11 is 0. The molecule has 2 aromatic carbocycles. The number of fused-ring (bicyclic) bond motifs is 1. The third kappa shape index (κ3) is 2.07. The van der Waals surface area contributed by atoms with Crippen LogP contribution < -0.4 is 15.5 Å². The second kappa shape index (κ2) is 5.02. The van der Waals surface area contributed by atoms with E-state index in [1.165, 1.54) is 5.69 Å². The Hall–Kier alpha value is -2.68. The minimum atomic E-state index is 0.791. The first kappa shape index (κ1) is 13.3. The van der Waals surface area contributed by atoms with Crippen molar-refractivity contribution in [1.29, 1.82) is 0 Å². The van der Waals surface area contributed by atoms with Crippen molar-refractivity contribution < 1.29 is 0 Å². The zero-order chi connectivity index (χ0) is 15.0. The molecule has 2 N–H and O–H groups in total. The van der Waals surface area contributed by atoms with E-state index in [2.05, 4.69) is 40.6 Å². The Labute approximate surface area is 125 Å². The van der Waals surface area contributed by atoms with Gasteiger partial charge in [0.1, 0.15) is 5.82 Å². The van der Waals surface area contributed by atoms with Crippen molar-refractivity contribution in [2.45, 2.75) is 6.92 Å². The molecule has 0 aliphatic carbocycles. The fourth-order valence-corrected chi connectivity index (χ4v) is 2.62. The monoisotopic (exact) mass is 277 g/mol. The number of nitrogens with zero attached hydrogens (tertiary/aromatic N) is 2. The first-order valence-corrected chi connectivity index (χ1v) is 6.97. The lowest BCUT2D eigenvalue weighted by Gasteiger charge is -2.22. The van der Waals surface area contributed by atoms with Gasteiger partial charge in [-0.3, -0.25) is 4.90 Å². The van der Waals surface area contributed by atoms with E-state index in [1.807, 2.05) is 44.3 Å². The fraction of sp³-hybridized carbons (Fsp3) is 0.111. The van der Waals surface area contributed by atoms with Crippen LogP contribution in [-0.2, 0) is 0 Å². The molecular formula is C18H19N3. The number of rotatable bonds is 2. The van der Waals surface area contributed by atoms with Gasteiger partial charge < -0.3 is 10.6 Å². The van der Waals surface area contributed by atoms with Gasteiger partial charge in [-0.05, 0) is 36.8 Å². The minimum Gasteiger partial charge on any atom is -0.399 e. The smallest absolute Gasteiger partial charge is 0.110 e. The Kier molecular flexibility index (Phi) is 3.18. The topological polar surface area (TPSA) is 32.5 Å². The quantitative estimate of drug-likeness (QED) is 0.898. The van der Waals surface area contributed by atoms with E-state index in [9.17, 15) is 0 Å². The molecule has 0 bridgehead atoms. The number of para-hydroxylation sites is 2. The highest BCUT2D eigenvalue weighted by atomic mass is 15.4. The Morgan fingerprint density at radius 1 is 1.05 bits per heavy atom. The van der Waals surface area contributed by atoms with Gasteiger partial charge in [-0.2, -0.15) is 0 Å². The van der Waals surface area contributed by atoms with Crippen LogP contribution in [0.5, 0.6) is 0 Å². The zero-order valence-corrected chi connectivity index (χ0v) is 12.4. The number of nitrogens with two attached hydrogens (primary N) is 1. The van der Waals surface area contributed by atoms with Crippen LogP contribution in [0.3, 0.4) is 0 Å². The van der Waals surface area contributed by atoms with Gasteiger partial charge in [0.05, 0.1) is 11.4 Å². The molecule has 0 spiro atoms. The maximum absolute atomic E-state index is 5.95. The molecule has 0 saturated carbocycles. The van der Waals surface area contributed by atoms with Gasteiger partial charge in [0.25, 0.3) is 0 Å². The highest BCUT2D eigenvalue weighted by molar-refractivity contribution is 5.88. The molecular weight excluding hydrogens is 258 g/mol. The van der Waals surface area contributed by atoms with E-state index >= 15 is 0 Å². The van der Waals surface area contributed by atoms with E-state index < -0.39 is 0 Å². The first-order chi connectivity index (χ1) is 10.1. The molecule has 21 heavy (non-hydrogen) atoms. The Balaban J connectivity index is 2.03. The Bertz CT molecular complexity index is 713. The molecule has 1 heterocycles.